The van der Waals surface area contributed by atoms with Crippen LogP contribution in [0.15, 0.2) is 22.7 Å². The van der Waals surface area contributed by atoms with Crippen molar-refractivity contribution in [3.05, 3.63) is 33.8 Å². The van der Waals surface area contributed by atoms with Gasteiger partial charge in [-0.3, -0.25) is 14.4 Å². The molecule has 0 spiro atoms. The van der Waals surface area contributed by atoms with E-state index >= 15 is 0 Å². The summed E-state index contributed by atoms with van der Waals surface area (Å²) in [6.07, 6.45) is 0. The van der Waals surface area contributed by atoms with Gasteiger partial charge in [0.15, 0.2) is 0 Å². The molecule has 0 aliphatic carbocycles. The van der Waals surface area contributed by atoms with Crippen LogP contribution in [0.25, 0.3) is 0 Å². The first-order chi connectivity index (χ1) is 8.90. The molecule has 1 aromatic carbocycles. The van der Waals surface area contributed by atoms with Crippen molar-refractivity contribution in [2.45, 2.75) is 6.92 Å². The second-order valence-electron chi connectivity index (χ2n) is 3.82. The van der Waals surface area contributed by atoms with Gasteiger partial charge >= 0.3 is 5.97 Å². The molecule has 0 heterocycles. The van der Waals surface area contributed by atoms with Crippen molar-refractivity contribution < 1.29 is 19.5 Å². The molecule has 0 atom stereocenters. The van der Waals surface area contributed by atoms with E-state index in [4.69, 9.17) is 5.11 Å². The smallest absolute Gasteiger partial charge is 0.322 e. The number of carboxylic acid groups (broad SMARTS) is 1. The number of amides is 2. The van der Waals surface area contributed by atoms with Gasteiger partial charge in [0, 0.05) is 10.0 Å². The standard InChI is InChI=1S/C12H13BrN2O4/c1-7-4-8(2-3-9(7)13)12(19)15-5-10(16)14-6-11(17)18/h2-4H,5-6H2,1H3,(H,14,16)(H,15,19)(H,17,18). The molecule has 0 saturated heterocycles. The molecule has 3 N–H and O–H groups in total. The van der Waals surface area contributed by atoms with Crippen LogP contribution in [0.5, 0.6) is 0 Å². The predicted octanol–water partition coefficient (Wildman–Crippen LogP) is 0.688. The Hall–Kier alpha value is -1.89. The zero-order valence-corrected chi connectivity index (χ0v) is 11.8. The molecule has 0 aliphatic rings. The number of rotatable bonds is 5. The lowest BCUT2D eigenvalue weighted by Gasteiger charge is -2.06. The lowest BCUT2D eigenvalue weighted by molar-refractivity contribution is -0.137. The first-order valence-electron chi connectivity index (χ1n) is 5.43. The third-order valence-electron chi connectivity index (χ3n) is 2.27. The molecule has 0 saturated carbocycles. The Morgan fingerprint density at radius 3 is 2.47 bits per heavy atom. The molecule has 1 aromatic rings. The van der Waals surface area contributed by atoms with E-state index in [0.29, 0.717) is 5.56 Å². The molecule has 0 unspecified atom stereocenters. The lowest BCUT2D eigenvalue weighted by atomic mass is 10.1. The largest absolute Gasteiger partial charge is 0.480 e. The normalized spacial score (nSPS) is 9.79. The average Bonchev–Trinajstić information content (AvgIpc) is 2.36. The summed E-state index contributed by atoms with van der Waals surface area (Å²) in [6.45, 7) is 1.12. The van der Waals surface area contributed by atoms with Gasteiger partial charge in [-0.2, -0.15) is 0 Å². The number of benzene rings is 1. The molecular weight excluding hydrogens is 316 g/mol. The minimum absolute atomic E-state index is 0.263. The third kappa shape index (κ3) is 5.09. The van der Waals surface area contributed by atoms with E-state index in [0.717, 1.165) is 10.0 Å². The second-order valence-corrected chi connectivity index (χ2v) is 4.67. The number of aryl methyl sites for hydroxylation is 1. The lowest BCUT2D eigenvalue weighted by Crippen LogP contribution is -2.39. The summed E-state index contributed by atoms with van der Waals surface area (Å²) in [7, 11) is 0. The molecule has 0 aromatic heterocycles. The summed E-state index contributed by atoms with van der Waals surface area (Å²) in [4.78, 5) is 33.2. The fourth-order valence-corrected chi connectivity index (χ4v) is 1.53. The fourth-order valence-electron chi connectivity index (χ4n) is 1.29. The van der Waals surface area contributed by atoms with Crippen LogP contribution in [-0.4, -0.2) is 36.0 Å². The summed E-state index contributed by atoms with van der Waals surface area (Å²) in [5.74, 6) is -2.08. The van der Waals surface area contributed by atoms with E-state index in [1.54, 1.807) is 18.2 Å². The highest BCUT2D eigenvalue weighted by Gasteiger charge is 2.09. The van der Waals surface area contributed by atoms with E-state index in [-0.39, 0.29) is 12.5 Å². The number of carbonyl (C=O) groups excluding carboxylic acids is 2. The van der Waals surface area contributed by atoms with Gasteiger partial charge in [-0.15, -0.1) is 0 Å². The molecule has 0 radical (unpaired) electrons. The summed E-state index contributed by atoms with van der Waals surface area (Å²) in [5, 5.41) is 12.9. The van der Waals surface area contributed by atoms with Crippen molar-refractivity contribution in [3.63, 3.8) is 0 Å². The van der Waals surface area contributed by atoms with Gasteiger partial charge in [0.25, 0.3) is 5.91 Å². The van der Waals surface area contributed by atoms with Crippen LogP contribution in [0.4, 0.5) is 0 Å². The average molecular weight is 329 g/mol. The predicted molar refractivity (Wildman–Crippen MR) is 71.9 cm³/mol. The fraction of sp³-hybridized carbons (Fsp3) is 0.250. The number of hydrogen-bond donors (Lipinski definition) is 3. The Labute approximate surface area is 118 Å². The van der Waals surface area contributed by atoms with Crippen LogP contribution in [-0.2, 0) is 9.59 Å². The first kappa shape index (κ1) is 15.2. The van der Waals surface area contributed by atoms with Crippen LogP contribution < -0.4 is 10.6 Å². The van der Waals surface area contributed by atoms with Crippen molar-refractivity contribution in [1.82, 2.24) is 10.6 Å². The molecule has 6 nitrogen and oxygen atoms in total. The Morgan fingerprint density at radius 2 is 1.89 bits per heavy atom. The van der Waals surface area contributed by atoms with E-state index in [1.165, 1.54) is 0 Å². The zero-order valence-electron chi connectivity index (χ0n) is 10.2. The Bertz CT molecular complexity index is 516. The van der Waals surface area contributed by atoms with Crippen molar-refractivity contribution in [2.24, 2.45) is 0 Å². The van der Waals surface area contributed by atoms with Gasteiger partial charge in [-0.25, -0.2) is 0 Å². The molecular formula is C12H13BrN2O4. The summed E-state index contributed by atoms with van der Waals surface area (Å²) >= 11 is 3.32. The maximum atomic E-state index is 11.7. The van der Waals surface area contributed by atoms with Crippen LogP contribution in [0, 0.1) is 6.92 Å². The van der Waals surface area contributed by atoms with Crippen molar-refractivity contribution >= 4 is 33.7 Å². The van der Waals surface area contributed by atoms with E-state index < -0.39 is 18.4 Å². The zero-order chi connectivity index (χ0) is 14.4. The van der Waals surface area contributed by atoms with Crippen molar-refractivity contribution in [2.75, 3.05) is 13.1 Å². The van der Waals surface area contributed by atoms with E-state index in [9.17, 15) is 14.4 Å². The minimum Gasteiger partial charge on any atom is -0.480 e. The molecule has 7 heteroatoms. The first-order valence-corrected chi connectivity index (χ1v) is 6.22. The maximum absolute atomic E-state index is 11.7. The Morgan fingerprint density at radius 1 is 1.21 bits per heavy atom. The summed E-state index contributed by atoms with van der Waals surface area (Å²) in [5.41, 5.74) is 1.34. The maximum Gasteiger partial charge on any atom is 0.322 e. The second kappa shape index (κ2) is 6.89. The number of carbonyl (C=O) groups is 3. The highest BCUT2D eigenvalue weighted by molar-refractivity contribution is 9.10. The number of halogens is 1. The van der Waals surface area contributed by atoms with Crippen LogP contribution in [0.1, 0.15) is 15.9 Å². The number of hydrogen-bond acceptors (Lipinski definition) is 3. The molecule has 1 rings (SSSR count). The third-order valence-corrected chi connectivity index (χ3v) is 3.16. The highest BCUT2D eigenvalue weighted by atomic mass is 79.9. The number of nitrogens with one attached hydrogen (secondary N) is 2. The number of aliphatic carboxylic acids is 1. The van der Waals surface area contributed by atoms with Gasteiger partial charge in [0.05, 0.1) is 6.54 Å². The molecule has 0 bridgehead atoms. The SMILES string of the molecule is Cc1cc(C(=O)NCC(=O)NCC(=O)O)ccc1Br. The van der Waals surface area contributed by atoms with Gasteiger partial charge in [-0.1, -0.05) is 15.9 Å². The van der Waals surface area contributed by atoms with Crippen LogP contribution >= 0.6 is 15.9 Å². The van der Waals surface area contributed by atoms with Gasteiger partial charge < -0.3 is 15.7 Å². The Kier molecular flexibility index (Phi) is 5.50. The highest BCUT2D eigenvalue weighted by Crippen LogP contribution is 2.16. The monoisotopic (exact) mass is 328 g/mol. The molecule has 102 valence electrons. The number of carboxylic acids is 1. The Balaban J connectivity index is 2.49. The summed E-state index contributed by atoms with van der Waals surface area (Å²) < 4.78 is 0.892. The molecule has 2 amide bonds. The van der Waals surface area contributed by atoms with Gasteiger partial charge in [0.1, 0.15) is 6.54 Å². The minimum atomic E-state index is -1.14. The van der Waals surface area contributed by atoms with Gasteiger partial charge in [0.2, 0.25) is 5.91 Å². The summed E-state index contributed by atoms with van der Waals surface area (Å²) in [6, 6.07) is 5.06. The van der Waals surface area contributed by atoms with E-state index in [1.807, 2.05) is 6.92 Å². The topological polar surface area (TPSA) is 95.5 Å². The molecule has 19 heavy (non-hydrogen) atoms. The van der Waals surface area contributed by atoms with Crippen LogP contribution in [0.3, 0.4) is 0 Å². The van der Waals surface area contributed by atoms with Crippen molar-refractivity contribution in [1.29, 1.82) is 0 Å². The van der Waals surface area contributed by atoms with Crippen molar-refractivity contribution in [3.8, 4) is 0 Å². The molecule has 0 fully saturated rings. The van der Waals surface area contributed by atoms with Crippen LogP contribution in [0.2, 0.25) is 0 Å². The molecule has 0 aliphatic heterocycles. The van der Waals surface area contributed by atoms with Gasteiger partial charge in [-0.05, 0) is 30.7 Å². The van der Waals surface area contributed by atoms with E-state index in [2.05, 4.69) is 26.6 Å². The quantitative estimate of drug-likeness (QED) is 0.741.